The molecule has 0 bridgehead atoms. The van der Waals surface area contributed by atoms with Crippen molar-refractivity contribution < 1.29 is 27.9 Å². The number of hydrogen-bond donors (Lipinski definition) is 2. The van der Waals surface area contributed by atoms with Gasteiger partial charge in [-0.1, -0.05) is 12.1 Å². The van der Waals surface area contributed by atoms with Crippen LogP contribution in [0.4, 0.5) is 0 Å². The fourth-order valence-electron chi connectivity index (χ4n) is 2.40. The smallest absolute Gasteiger partial charge is 0.335 e. The maximum atomic E-state index is 12.6. The van der Waals surface area contributed by atoms with Gasteiger partial charge in [0.15, 0.2) is 0 Å². The van der Waals surface area contributed by atoms with Gasteiger partial charge in [0.25, 0.3) is 5.91 Å². The molecule has 0 radical (unpaired) electrons. The van der Waals surface area contributed by atoms with Gasteiger partial charge in [-0.15, -0.1) is 0 Å². The van der Waals surface area contributed by atoms with E-state index in [2.05, 4.69) is 10.5 Å². The van der Waals surface area contributed by atoms with Crippen LogP contribution in [0.3, 0.4) is 0 Å². The zero-order valence-electron chi connectivity index (χ0n) is 16.1. The van der Waals surface area contributed by atoms with Crippen molar-refractivity contribution in [3.8, 4) is 5.75 Å². The zero-order valence-corrected chi connectivity index (χ0v) is 16.9. The van der Waals surface area contributed by atoms with Crippen molar-refractivity contribution in [1.29, 1.82) is 0 Å². The fraction of sp³-hybridized carbons (Fsp3) is 0.211. The molecular weight excluding hydrogens is 398 g/mol. The maximum absolute atomic E-state index is 12.6. The number of carbonyl (C=O) groups is 2. The molecule has 9 nitrogen and oxygen atoms in total. The van der Waals surface area contributed by atoms with Gasteiger partial charge in [-0.25, -0.2) is 18.6 Å². The molecule has 2 aromatic carbocycles. The van der Waals surface area contributed by atoms with Gasteiger partial charge < -0.3 is 9.84 Å². The average Bonchev–Trinajstić information content (AvgIpc) is 2.68. The lowest BCUT2D eigenvalue weighted by atomic mass is 10.1. The van der Waals surface area contributed by atoms with Crippen molar-refractivity contribution in [1.82, 2.24) is 9.73 Å². The van der Waals surface area contributed by atoms with Crippen LogP contribution in [-0.4, -0.2) is 56.6 Å². The van der Waals surface area contributed by atoms with E-state index in [0.717, 1.165) is 4.31 Å². The first-order valence-electron chi connectivity index (χ1n) is 8.41. The van der Waals surface area contributed by atoms with E-state index in [1.807, 2.05) is 0 Å². The Hall–Kier alpha value is -3.24. The first kappa shape index (κ1) is 22.1. The van der Waals surface area contributed by atoms with Gasteiger partial charge in [0.1, 0.15) is 5.75 Å². The number of nitrogens with one attached hydrogen (secondary N) is 1. The Balaban J connectivity index is 1.98. The molecule has 0 saturated carbocycles. The summed E-state index contributed by atoms with van der Waals surface area (Å²) in [6.45, 7) is 1.30. The molecule has 2 N–H and O–H groups in total. The number of carboxylic acid groups (broad SMARTS) is 1. The Morgan fingerprint density at radius 2 is 1.86 bits per heavy atom. The van der Waals surface area contributed by atoms with E-state index in [-0.39, 0.29) is 10.5 Å². The molecule has 0 heterocycles. The lowest BCUT2D eigenvalue weighted by Crippen LogP contribution is -2.36. The van der Waals surface area contributed by atoms with Crippen molar-refractivity contribution in [2.45, 2.75) is 11.8 Å². The highest BCUT2D eigenvalue weighted by Crippen LogP contribution is 2.23. The van der Waals surface area contributed by atoms with Gasteiger partial charge in [-0.05, 0) is 48.4 Å². The topological polar surface area (TPSA) is 125 Å². The van der Waals surface area contributed by atoms with Crippen LogP contribution >= 0.6 is 0 Å². The lowest BCUT2D eigenvalue weighted by molar-refractivity contribution is -0.121. The van der Waals surface area contributed by atoms with E-state index in [1.54, 1.807) is 13.0 Å². The molecule has 0 aliphatic carbocycles. The number of ether oxygens (including phenoxy) is 1. The van der Waals surface area contributed by atoms with Crippen LogP contribution in [-0.2, 0) is 14.8 Å². The number of rotatable bonds is 8. The number of carboxylic acids is 1. The van der Waals surface area contributed by atoms with Crippen LogP contribution in [0.25, 0.3) is 0 Å². The predicted octanol–water partition coefficient (Wildman–Crippen LogP) is 1.47. The average molecular weight is 419 g/mol. The number of amides is 1. The van der Waals surface area contributed by atoms with Crippen molar-refractivity contribution in [2.75, 3.05) is 20.7 Å². The molecular formula is C19H21N3O6S. The monoisotopic (exact) mass is 419 g/mol. The van der Waals surface area contributed by atoms with E-state index in [9.17, 15) is 18.0 Å². The molecule has 1 amide bonds. The number of carbonyl (C=O) groups excluding carboxylic acids is 1. The van der Waals surface area contributed by atoms with Gasteiger partial charge in [0.2, 0.25) is 10.0 Å². The minimum absolute atomic E-state index is 0.0492. The maximum Gasteiger partial charge on any atom is 0.335 e. The molecule has 0 aromatic heterocycles. The second-order valence-corrected chi connectivity index (χ2v) is 8.16. The SMILES string of the molecule is COc1ccc(S(=O)(=O)N(C)CC(=O)N/N=C/c2ccc(C(=O)O)cc2)cc1C. The van der Waals surface area contributed by atoms with Gasteiger partial charge in [0, 0.05) is 7.05 Å². The van der Waals surface area contributed by atoms with Gasteiger partial charge in [-0.3, -0.25) is 4.79 Å². The van der Waals surface area contributed by atoms with Crippen LogP contribution in [0.5, 0.6) is 5.75 Å². The highest BCUT2D eigenvalue weighted by atomic mass is 32.2. The summed E-state index contributed by atoms with van der Waals surface area (Å²) >= 11 is 0. The van der Waals surface area contributed by atoms with Crippen molar-refractivity contribution in [3.05, 3.63) is 59.2 Å². The molecule has 2 rings (SSSR count). The normalized spacial score (nSPS) is 11.6. The van der Waals surface area contributed by atoms with E-state index >= 15 is 0 Å². The number of methoxy groups -OCH3 is 1. The highest BCUT2D eigenvalue weighted by molar-refractivity contribution is 7.89. The summed E-state index contributed by atoms with van der Waals surface area (Å²) in [5, 5.41) is 12.6. The Bertz CT molecular complexity index is 1030. The summed E-state index contributed by atoms with van der Waals surface area (Å²) in [5.41, 5.74) is 3.60. The Morgan fingerprint density at radius 3 is 2.41 bits per heavy atom. The molecule has 0 atom stereocenters. The van der Waals surface area contributed by atoms with E-state index in [4.69, 9.17) is 9.84 Å². The number of nitrogens with zero attached hydrogens (tertiary/aromatic N) is 2. The van der Waals surface area contributed by atoms with E-state index in [0.29, 0.717) is 16.9 Å². The third kappa shape index (κ3) is 5.62. The van der Waals surface area contributed by atoms with Gasteiger partial charge >= 0.3 is 5.97 Å². The van der Waals surface area contributed by atoms with E-state index < -0.39 is 28.4 Å². The molecule has 0 fully saturated rings. The quantitative estimate of drug-likeness (QED) is 0.493. The van der Waals surface area contributed by atoms with Crippen molar-refractivity contribution >= 4 is 28.1 Å². The van der Waals surface area contributed by atoms with Crippen LogP contribution < -0.4 is 10.2 Å². The standard InChI is InChI=1S/C19H21N3O6S/c1-13-10-16(8-9-17(13)28-3)29(26,27)22(2)12-18(23)21-20-11-14-4-6-15(7-5-14)19(24)25/h4-11H,12H2,1-3H3,(H,21,23)(H,24,25)/b20-11+. The molecule has 0 aliphatic rings. The summed E-state index contributed by atoms with van der Waals surface area (Å²) in [4.78, 5) is 22.9. The summed E-state index contributed by atoms with van der Waals surface area (Å²) in [6, 6.07) is 10.3. The van der Waals surface area contributed by atoms with Gasteiger partial charge in [-0.2, -0.15) is 9.41 Å². The first-order valence-corrected chi connectivity index (χ1v) is 9.85. The number of hydrogen-bond acceptors (Lipinski definition) is 6. The third-order valence-corrected chi connectivity index (χ3v) is 5.80. The Morgan fingerprint density at radius 1 is 1.21 bits per heavy atom. The predicted molar refractivity (Wildman–Crippen MR) is 107 cm³/mol. The second kappa shape index (κ2) is 9.30. The molecule has 0 saturated heterocycles. The molecule has 154 valence electrons. The van der Waals surface area contributed by atoms with Crippen LogP contribution in [0.15, 0.2) is 52.5 Å². The number of sulfonamides is 1. The van der Waals surface area contributed by atoms with E-state index in [1.165, 1.54) is 56.8 Å². The number of aryl methyl sites for hydroxylation is 1. The number of aromatic carboxylic acids is 1. The van der Waals surface area contributed by atoms with Crippen LogP contribution in [0, 0.1) is 6.92 Å². The molecule has 10 heteroatoms. The minimum Gasteiger partial charge on any atom is -0.496 e. The highest BCUT2D eigenvalue weighted by Gasteiger charge is 2.23. The Labute approximate surface area is 168 Å². The summed E-state index contributed by atoms with van der Waals surface area (Å²) in [6.07, 6.45) is 1.32. The first-order chi connectivity index (χ1) is 13.6. The largest absolute Gasteiger partial charge is 0.496 e. The van der Waals surface area contributed by atoms with Crippen molar-refractivity contribution in [3.63, 3.8) is 0 Å². The molecule has 0 aliphatic heterocycles. The summed E-state index contributed by atoms with van der Waals surface area (Å²) < 4.78 is 31.3. The lowest BCUT2D eigenvalue weighted by Gasteiger charge is -2.17. The summed E-state index contributed by atoms with van der Waals surface area (Å²) in [5.74, 6) is -1.10. The zero-order chi connectivity index (χ0) is 21.6. The summed E-state index contributed by atoms with van der Waals surface area (Å²) in [7, 11) is -1.07. The van der Waals surface area contributed by atoms with Crippen LogP contribution in [0.2, 0.25) is 0 Å². The van der Waals surface area contributed by atoms with Gasteiger partial charge in [0.05, 0.1) is 30.3 Å². The molecule has 2 aromatic rings. The molecule has 0 spiro atoms. The Kier molecular flexibility index (Phi) is 7.08. The number of hydrazone groups is 1. The third-order valence-electron chi connectivity index (χ3n) is 4.00. The fourth-order valence-corrected chi connectivity index (χ4v) is 3.62. The molecule has 29 heavy (non-hydrogen) atoms. The number of benzene rings is 2. The van der Waals surface area contributed by atoms with Crippen LogP contribution in [0.1, 0.15) is 21.5 Å². The number of likely N-dealkylation sites (N-methyl/N-ethyl adjacent to an activating group) is 1. The molecule has 0 unspecified atom stereocenters. The van der Waals surface area contributed by atoms with Crippen molar-refractivity contribution in [2.24, 2.45) is 5.10 Å². The minimum atomic E-state index is -3.86. The second-order valence-electron chi connectivity index (χ2n) is 6.11.